The Labute approximate surface area is 74.8 Å². The minimum absolute atomic E-state index is 0.187. The van der Waals surface area contributed by atoms with Crippen molar-refractivity contribution in [1.82, 2.24) is 10.6 Å². The van der Waals surface area contributed by atoms with Crippen LogP contribution in [0.3, 0.4) is 0 Å². The van der Waals surface area contributed by atoms with Gasteiger partial charge in [-0.25, -0.2) is 4.79 Å². The number of primary amides is 2. The molecule has 4 amide bonds. The monoisotopic (exact) mass is 188 g/mol. The molecule has 0 spiro atoms. The highest BCUT2D eigenvalue weighted by molar-refractivity contribution is 5.94. The fourth-order valence-electron chi connectivity index (χ4n) is 0.528. The second kappa shape index (κ2) is 5.09. The minimum Gasteiger partial charge on any atom is -0.368 e. The van der Waals surface area contributed by atoms with Gasteiger partial charge < -0.3 is 11.5 Å². The van der Waals surface area contributed by atoms with Gasteiger partial charge in [-0.3, -0.25) is 20.2 Å². The maximum atomic E-state index is 10.8. The van der Waals surface area contributed by atoms with E-state index in [1.807, 2.05) is 5.32 Å². The van der Waals surface area contributed by atoms with Crippen molar-refractivity contribution in [2.75, 3.05) is 6.54 Å². The summed E-state index contributed by atoms with van der Waals surface area (Å²) in [4.78, 5) is 31.4. The van der Waals surface area contributed by atoms with Crippen molar-refractivity contribution in [2.24, 2.45) is 11.5 Å². The van der Waals surface area contributed by atoms with Gasteiger partial charge in [-0.2, -0.15) is 0 Å². The zero-order valence-electron chi connectivity index (χ0n) is 7.16. The van der Waals surface area contributed by atoms with E-state index in [2.05, 4.69) is 11.1 Å². The topological polar surface area (TPSA) is 127 Å². The molecule has 0 bridgehead atoms. The lowest BCUT2D eigenvalue weighted by atomic mass is 10.3. The largest absolute Gasteiger partial charge is 0.368 e. The zero-order valence-corrected chi connectivity index (χ0v) is 7.16. The van der Waals surface area contributed by atoms with Crippen LogP contribution in [0.2, 0.25) is 0 Å². The number of hydrogen-bond acceptors (Lipinski definition) is 4. The number of amides is 4. The molecule has 0 radical (unpaired) electrons. The van der Waals surface area contributed by atoms with Crippen LogP contribution < -0.4 is 22.1 Å². The van der Waals surface area contributed by atoms with E-state index < -0.39 is 23.9 Å². The second-order valence-electron chi connectivity index (χ2n) is 2.42. The SMILES string of the molecule is CC(NCC(=O)NC(N)=O)C(N)=O. The Morgan fingerprint density at radius 1 is 1.31 bits per heavy atom. The Morgan fingerprint density at radius 2 is 1.85 bits per heavy atom. The molecule has 7 heteroatoms. The van der Waals surface area contributed by atoms with Crippen LogP contribution in [0.4, 0.5) is 4.79 Å². The Kier molecular flexibility index (Phi) is 4.45. The first-order valence-corrected chi connectivity index (χ1v) is 3.55. The highest BCUT2D eigenvalue weighted by Crippen LogP contribution is 1.76. The maximum Gasteiger partial charge on any atom is 0.318 e. The first-order chi connectivity index (χ1) is 5.93. The molecule has 0 aliphatic carbocycles. The Hall–Kier alpha value is -1.63. The summed E-state index contributed by atoms with van der Waals surface area (Å²) in [5.41, 5.74) is 9.57. The molecular weight excluding hydrogens is 176 g/mol. The van der Waals surface area contributed by atoms with E-state index in [-0.39, 0.29) is 6.54 Å². The number of urea groups is 1. The predicted octanol–water partition coefficient (Wildman–Crippen LogP) is -2.36. The molecule has 7 nitrogen and oxygen atoms in total. The van der Waals surface area contributed by atoms with Gasteiger partial charge in [0.05, 0.1) is 12.6 Å². The first kappa shape index (κ1) is 11.4. The summed E-state index contributed by atoms with van der Waals surface area (Å²) >= 11 is 0. The number of imide groups is 1. The van der Waals surface area contributed by atoms with Gasteiger partial charge in [0.2, 0.25) is 11.8 Å². The molecule has 0 saturated carbocycles. The van der Waals surface area contributed by atoms with E-state index in [9.17, 15) is 14.4 Å². The van der Waals surface area contributed by atoms with Gasteiger partial charge in [0.25, 0.3) is 0 Å². The van der Waals surface area contributed by atoms with Crippen molar-refractivity contribution >= 4 is 17.8 Å². The standard InChI is InChI=1S/C6H12N4O3/c1-3(5(7)12)9-2-4(11)10-6(8)13/h3,9H,2H2,1H3,(H2,7,12)(H3,8,10,11,13). The Bertz CT molecular complexity index is 228. The normalized spacial score (nSPS) is 11.8. The minimum atomic E-state index is -0.932. The summed E-state index contributed by atoms with van der Waals surface area (Å²) in [6.07, 6.45) is 0. The van der Waals surface area contributed by atoms with Crippen molar-refractivity contribution < 1.29 is 14.4 Å². The number of nitrogens with one attached hydrogen (secondary N) is 2. The lowest BCUT2D eigenvalue weighted by molar-refractivity contribution is -0.120. The summed E-state index contributed by atoms with van der Waals surface area (Å²) < 4.78 is 0. The van der Waals surface area contributed by atoms with Gasteiger partial charge in [0, 0.05) is 0 Å². The summed E-state index contributed by atoms with van der Waals surface area (Å²) in [6.45, 7) is 1.31. The molecule has 0 aliphatic rings. The molecule has 0 aromatic heterocycles. The molecule has 1 atom stereocenters. The van der Waals surface area contributed by atoms with Crippen molar-refractivity contribution in [2.45, 2.75) is 13.0 Å². The zero-order chi connectivity index (χ0) is 10.4. The molecule has 6 N–H and O–H groups in total. The number of hydrogen-bond donors (Lipinski definition) is 4. The third-order valence-electron chi connectivity index (χ3n) is 1.26. The van der Waals surface area contributed by atoms with E-state index >= 15 is 0 Å². The van der Waals surface area contributed by atoms with Crippen molar-refractivity contribution in [3.63, 3.8) is 0 Å². The summed E-state index contributed by atoms with van der Waals surface area (Å²) in [7, 11) is 0. The molecule has 1 unspecified atom stereocenters. The average Bonchev–Trinajstić information content (AvgIpc) is 1.98. The van der Waals surface area contributed by atoms with Gasteiger partial charge in [0.1, 0.15) is 0 Å². The van der Waals surface area contributed by atoms with Crippen LogP contribution in [-0.2, 0) is 9.59 Å². The average molecular weight is 188 g/mol. The fourth-order valence-corrected chi connectivity index (χ4v) is 0.528. The van der Waals surface area contributed by atoms with Gasteiger partial charge in [-0.1, -0.05) is 0 Å². The van der Waals surface area contributed by atoms with Crippen LogP contribution in [0.25, 0.3) is 0 Å². The van der Waals surface area contributed by atoms with Crippen LogP contribution in [0, 0.1) is 0 Å². The molecule has 74 valence electrons. The summed E-state index contributed by atoms with van der Waals surface area (Å²) in [5, 5.41) is 4.32. The van der Waals surface area contributed by atoms with Gasteiger partial charge in [-0.15, -0.1) is 0 Å². The second-order valence-corrected chi connectivity index (χ2v) is 2.42. The highest BCUT2D eigenvalue weighted by Gasteiger charge is 2.10. The number of nitrogens with two attached hydrogens (primary N) is 2. The smallest absolute Gasteiger partial charge is 0.318 e. The molecule has 0 aromatic carbocycles. The van der Waals surface area contributed by atoms with E-state index in [0.29, 0.717) is 0 Å². The molecular formula is C6H12N4O3. The summed E-state index contributed by atoms with van der Waals surface area (Å²) in [5.74, 6) is -1.19. The Morgan fingerprint density at radius 3 is 2.23 bits per heavy atom. The maximum absolute atomic E-state index is 10.8. The molecule has 13 heavy (non-hydrogen) atoms. The van der Waals surface area contributed by atoms with Gasteiger partial charge in [0.15, 0.2) is 0 Å². The van der Waals surface area contributed by atoms with Crippen molar-refractivity contribution in [1.29, 1.82) is 0 Å². The summed E-state index contributed by atoms with van der Waals surface area (Å²) in [6, 6.07) is -1.56. The van der Waals surface area contributed by atoms with Gasteiger partial charge >= 0.3 is 6.03 Å². The van der Waals surface area contributed by atoms with E-state index in [4.69, 9.17) is 5.73 Å². The van der Waals surface area contributed by atoms with Crippen molar-refractivity contribution in [3.8, 4) is 0 Å². The molecule has 0 heterocycles. The quantitative estimate of drug-likeness (QED) is 0.393. The molecule has 0 aromatic rings. The Balaban J connectivity index is 3.70. The van der Waals surface area contributed by atoms with E-state index in [1.165, 1.54) is 6.92 Å². The molecule has 0 aliphatic heterocycles. The highest BCUT2D eigenvalue weighted by atomic mass is 16.2. The lowest BCUT2D eigenvalue weighted by Crippen LogP contribution is -2.46. The van der Waals surface area contributed by atoms with Crippen molar-refractivity contribution in [3.05, 3.63) is 0 Å². The van der Waals surface area contributed by atoms with Crippen LogP contribution in [-0.4, -0.2) is 30.4 Å². The lowest BCUT2D eigenvalue weighted by Gasteiger charge is -2.08. The number of carbonyl (C=O) groups excluding carboxylic acids is 3. The van der Waals surface area contributed by atoms with Crippen LogP contribution >= 0.6 is 0 Å². The van der Waals surface area contributed by atoms with Crippen LogP contribution in [0.15, 0.2) is 0 Å². The molecule has 0 rings (SSSR count). The van der Waals surface area contributed by atoms with Gasteiger partial charge in [-0.05, 0) is 6.92 Å². The van der Waals surface area contributed by atoms with E-state index in [1.54, 1.807) is 0 Å². The predicted molar refractivity (Wildman–Crippen MR) is 44.4 cm³/mol. The van der Waals surface area contributed by atoms with E-state index in [0.717, 1.165) is 0 Å². The molecule has 0 saturated heterocycles. The fraction of sp³-hybridized carbons (Fsp3) is 0.500. The van der Waals surface area contributed by atoms with Crippen LogP contribution in [0.5, 0.6) is 0 Å². The third-order valence-corrected chi connectivity index (χ3v) is 1.26. The van der Waals surface area contributed by atoms with Crippen LogP contribution in [0.1, 0.15) is 6.92 Å². The third kappa shape index (κ3) is 5.62. The first-order valence-electron chi connectivity index (χ1n) is 3.55. The molecule has 0 fully saturated rings. The number of carbonyl (C=O) groups is 3. The number of rotatable bonds is 4.